The molecule has 0 radical (unpaired) electrons. The summed E-state index contributed by atoms with van der Waals surface area (Å²) in [5.74, 6) is 1.05. The van der Waals surface area contributed by atoms with E-state index >= 15 is 0 Å². The lowest BCUT2D eigenvalue weighted by Crippen LogP contribution is -2.48. The van der Waals surface area contributed by atoms with Gasteiger partial charge in [-0.2, -0.15) is 0 Å². The Morgan fingerprint density at radius 1 is 1.07 bits per heavy atom. The van der Waals surface area contributed by atoms with E-state index in [1.165, 1.54) is 19.3 Å². The normalized spacial score (nSPS) is 21.1. The molecule has 28 heavy (non-hydrogen) atoms. The molecule has 164 valence electrons. The molecule has 6 nitrogen and oxygen atoms in total. The fourth-order valence-electron chi connectivity index (χ4n) is 4.20. The highest BCUT2D eigenvalue weighted by molar-refractivity contribution is 5.80. The number of methoxy groups -OCH3 is 1. The summed E-state index contributed by atoms with van der Waals surface area (Å²) in [5.41, 5.74) is -0.0439. The Morgan fingerprint density at radius 3 is 2.46 bits per heavy atom. The number of nitrogens with one attached hydrogen (secondary N) is 1. The van der Waals surface area contributed by atoms with Crippen LogP contribution in [0.5, 0.6) is 0 Å². The van der Waals surface area contributed by atoms with E-state index in [9.17, 15) is 0 Å². The summed E-state index contributed by atoms with van der Waals surface area (Å²) in [7, 11) is 1.74. The van der Waals surface area contributed by atoms with Crippen LogP contribution in [-0.4, -0.2) is 75.7 Å². The number of aliphatic imine (C=N–C) groups is 1. The monoisotopic (exact) mass is 397 g/mol. The largest absolute Gasteiger partial charge is 0.385 e. The van der Waals surface area contributed by atoms with E-state index in [0.29, 0.717) is 6.10 Å². The summed E-state index contributed by atoms with van der Waals surface area (Å²) in [4.78, 5) is 7.44. The zero-order chi connectivity index (χ0) is 20.1. The Kier molecular flexibility index (Phi) is 11.2. The maximum Gasteiger partial charge on any atom is 0.194 e. The highest BCUT2D eigenvalue weighted by atomic mass is 16.5. The van der Waals surface area contributed by atoms with E-state index in [1.807, 2.05) is 0 Å². The number of hydrogen-bond acceptors (Lipinski definition) is 4. The lowest BCUT2D eigenvalue weighted by atomic mass is 9.84. The molecule has 1 saturated carbocycles. The Balaban J connectivity index is 1.87. The van der Waals surface area contributed by atoms with Gasteiger partial charge in [-0.3, -0.25) is 4.99 Å². The third-order valence-electron chi connectivity index (χ3n) is 5.82. The zero-order valence-electron chi connectivity index (χ0n) is 18.5. The third-order valence-corrected chi connectivity index (χ3v) is 5.82. The molecule has 6 heteroatoms. The zero-order valence-corrected chi connectivity index (χ0v) is 18.5. The van der Waals surface area contributed by atoms with E-state index in [4.69, 9.17) is 19.2 Å². The van der Waals surface area contributed by atoms with Crippen molar-refractivity contribution < 1.29 is 14.2 Å². The number of piperidine rings is 1. The smallest absolute Gasteiger partial charge is 0.194 e. The van der Waals surface area contributed by atoms with Crippen LogP contribution in [0.25, 0.3) is 0 Å². The minimum atomic E-state index is -0.0439. The molecule has 0 aromatic rings. The molecule has 1 aliphatic carbocycles. The maximum atomic E-state index is 6.33. The molecule has 2 fully saturated rings. The van der Waals surface area contributed by atoms with Crippen molar-refractivity contribution >= 4 is 5.96 Å². The predicted octanol–water partition coefficient (Wildman–Crippen LogP) is 3.60. The first kappa shape index (κ1) is 23.4. The van der Waals surface area contributed by atoms with Gasteiger partial charge in [0.05, 0.1) is 18.2 Å². The molecule has 1 saturated heterocycles. The summed E-state index contributed by atoms with van der Waals surface area (Å²) in [5, 5.41) is 3.50. The lowest BCUT2D eigenvalue weighted by Gasteiger charge is -2.38. The van der Waals surface area contributed by atoms with Gasteiger partial charge in [0.25, 0.3) is 0 Å². The van der Waals surface area contributed by atoms with E-state index in [-0.39, 0.29) is 5.60 Å². The van der Waals surface area contributed by atoms with E-state index in [0.717, 1.165) is 90.5 Å². The molecule has 0 spiro atoms. The van der Waals surface area contributed by atoms with Crippen LogP contribution in [0.2, 0.25) is 0 Å². The first-order valence-electron chi connectivity index (χ1n) is 11.5. The van der Waals surface area contributed by atoms with Crippen molar-refractivity contribution in [2.24, 2.45) is 4.99 Å². The van der Waals surface area contributed by atoms with Gasteiger partial charge < -0.3 is 24.4 Å². The van der Waals surface area contributed by atoms with Crippen LogP contribution in [0.1, 0.15) is 71.6 Å². The van der Waals surface area contributed by atoms with Crippen LogP contribution in [-0.2, 0) is 14.2 Å². The lowest BCUT2D eigenvalue weighted by molar-refractivity contribution is -0.0626. The van der Waals surface area contributed by atoms with E-state index in [2.05, 4.69) is 24.1 Å². The van der Waals surface area contributed by atoms with Gasteiger partial charge in [0, 0.05) is 46.6 Å². The van der Waals surface area contributed by atoms with Gasteiger partial charge in [-0.15, -0.1) is 0 Å². The summed E-state index contributed by atoms with van der Waals surface area (Å²) in [6.45, 7) is 10.4. The second kappa shape index (κ2) is 13.4. The standard InChI is InChI=1S/C22H43N3O3/c1-4-16-28-22(12-7-6-8-13-22)19-24-21(23-5-2)25-14-10-20(11-15-25)27-18-9-17-26-3/h20H,4-19H2,1-3H3,(H,23,24). The van der Waals surface area contributed by atoms with Crippen molar-refractivity contribution in [1.82, 2.24) is 10.2 Å². The maximum absolute atomic E-state index is 6.33. The molecule has 1 aliphatic heterocycles. The van der Waals surface area contributed by atoms with Gasteiger partial charge in [0.2, 0.25) is 0 Å². The number of ether oxygens (including phenoxy) is 3. The Labute approximate surface area is 172 Å². The van der Waals surface area contributed by atoms with Crippen LogP contribution < -0.4 is 5.32 Å². The Morgan fingerprint density at radius 2 is 1.82 bits per heavy atom. The molecule has 0 atom stereocenters. The Hall–Kier alpha value is -0.850. The molecule has 0 aromatic heterocycles. The van der Waals surface area contributed by atoms with Crippen molar-refractivity contribution in [3.8, 4) is 0 Å². The first-order valence-corrected chi connectivity index (χ1v) is 11.5. The number of nitrogens with zero attached hydrogens (tertiary/aromatic N) is 2. The highest BCUT2D eigenvalue weighted by Gasteiger charge is 2.33. The van der Waals surface area contributed by atoms with E-state index in [1.54, 1.807) is 7.11 Å². The van der Waals surface area contributed by atoms with Crippen molar-refractivity contribution in [3.05, 3.63) is 0 Å². The van der Waals surface area contributed by atoms with Crippen molar-refractivity contribution in [1.29, 1.82) is 0 Å². The third kappa shape index (κ3) is 7.88. The van der Waals surface area contributed by atoms with Crippen molar-refractivity contribution in [3.63, 3.8) is 0 Å². The average Bonchev–Trinajstić information content (AvgIpc) is 2.74. The molecule has 0 aromatic carbocycles. The molecule has 0 amide bonds. The number of likely N-dealkylation sites (tertiary alicyclic amines) is 1. The second-order valence-corrected chi connectivity index (χ2v) is 8.17. The Bertz CT molecular complexity index is 431. The van der Waals surface area contributed by atoms with Crippen LogP contribution in [0, 0.1) is 0 Å². The molecule has 0 bridgehead atoms. The van der Waals surface area contributed by atoms with Gasteiger partial charge in [-0.05, 0) is 45.4 Å². The van der Waals surface area contributed by atoms with Gasteiger partial charge in [-0.25, -0.2) is 0 Å². The molecule has 0 unspecified atom stereocenters. The van der Waals surface area contributed by atoms with Gasteiger partial charge in [0.15, 0.2) is 5.96 Å². The quantitative estimate of drug-likeness (QED) is 0.328. The summed E-state index contributed by atoms with van der Waals surface area (Å²) >= 11 is 0. The fourth-order valence-corrected chi connectivity index (χ4v) is 4.20. The average molecular weight is 398 g/mol. The first-order chi connectivity index (χ1) is 13.7. The second-order valence-electron chi connectivity index (χ2n) is 8.17. The summed E-state index contributed by atoms with van der Waals surface area (Å²) < 4.78 is 17.4. The molecule has 1 heterocycles. The number of hydrogen-bond donors (Lipinski definition) is 1. The molecule has 1 N–H and O–H groups in total. The van der Waals surface area contributed by atoms with Crippen LogP contribution in [0.3, 0.4) is 0 Å². The van der Waals surface area contributed by atoms with Gasteiger partial charge in [0.1, 0.15) is 0 Å². The van der Waals surface area contributed by atoms with Gasteiger partial charge >= 0.3 is 0 Å². The number of guanidine groups is 1. The van der Waals surface area contributed by atoms with Crippen molar-refractivity contribution in [2.75, 3.05) is 53.1 Å². The minimum Gasteiger partial charge on any atom is -0.385 e. The van der Waals surface area contributed by atoms with E-state index < -0.39 is 0 Å². The summed E-state index contributed by atoms with van der Waals surface area (Å²) in [6, 6.07) is 0. The molecular formula is C22H43N3O3. The van der Waals surface area contributed by atoms with Crippen LogP contribution in [0.4, 0.5) is 0 Å². The summed E-state index contributed by atoms with van der Waals surface area (Å²) in [6.07, 6.45) is 10.7. The van der Waals surface area contributed by atoms with Gasteiger partial charge in [-0.1, -0.05) is 26.2 Å². The predicted molar refractivity (Wildman–Crippen MR) is 115 cm³/mol. The van der Waals surface area contributed by atoms with Crippen molar-refractivity contribution in [2.45, 2.75) is 83.3 Å². The molecular weight excluding hydrogens is 354 g/mol. The SMILES string of the molecule is CCCOC1(CN=C(NCC)N2CCC(OCCCOC)CC2)CCCCC1. The highest BCUT2D eigenvalue weighted by Crippen LogP contribution is 2.32. The van der Waals surface area contributed by atoms with Crippen LogP contribution >= 0.6 is 0 Å². The number of rotatable bonds is 11. The van der Waals surface area contributed by atoms with Crippen LogP contribution in [0.15, 0.2) is 4.99 Å². The molecule has 2 aliphatic rings. The fraction of sp³-hybridized carbons (Fsp3) is 0.955. The topological polar surface area (TPSA) is 55.3 Å². The molecule has 2 rings (SSSR count). The minimum absolute atomic E-state index is 0.0439.